The van der Waals surface area contributed by atoms with Crippen LogP contribution in [0.1, 0.15) is 47.4 Å². The van der Waals surface area contributed by atoms with Gasteiger partial charge in [0.25, 0.3) is 5.91 Å². The summed E-state index contributed by atoms with van der Waals surface area (Å²) in [4.78, 5) is 12.8. The summed E-state index contributed by atoms with van der Waals surface area (Å²) in [6, 6.07) is 7.92. The van der Waals surface area contributed by atoms with E-state index in [0.717, 1.165) is 54.3 Å². The third-order valence-corrected chi connectivity index (χ3v) is 5.49. The van der Waals surface area contributed by atoms with E-state index in [1.807, 2.05) is 38.1 Å². The van der Waals surface area contributed by atoms with Crippen LogP contribution in [0.25, 0.3) is 5.69 Å². The maximum Gasteiger partial charge on any atom is 0.253 e. The Kier molecular flexibility index (Phi) is 4.83. The molecule has 0 spiro atoms. The molecule has 1 amide bonds. The van der Waals surface area contributed by atoms with Crippen LogP contribution >= 0.6 is 0 Å². The number of aryl methyl sites for hydroxylation is 1. The Hall–Kier alpha value is -2.47. The van der Waals surface area contributed by atoms with Crippen molar-refractivity contribution in [3.8, 4) is 17.2 Å². The first kappa shape index (κ1) is 17.9. The van der Waals surface area contributed by atoms with Crippen molar-refractivity contribution in [3.05, 3.63) is 41.2 Å². The van der Waals surface area contributed by atoms with E-state index in [-0.39, 0.29) is 18.1 Å². The van der Waals surface area contributed by atoms with Crippen LogP contribution < -0.4 is 14.8 Å². The first-order valence-corrected chi connectivity index (χ1v) is 9.61. The van der Waals surface area contributed by atoms with Gasteiger partial charge in [-0.1, -0.05) is 0 Å². The van der Waals surface area contributed by atoms with E-state index in [0.29, 0.717) is 18.8 Å². The third kappa shape index (κ3) is 3.54. The highest BCUT2D eigenvalue weighted by atomic mass is 16.6. The van der Waals surface area contributed by atoms with Gasteiger partial charge >= 0.3 is 0 Å². The van der Waals surface area contributed by atoms with Gasteiger partial charge in [-0.2, -0.15) is 0 Å². The van der Waals surface area contributed by atoms with Crippen molar-refractivity contribution < 1.29 is 19.4 Å². The standard InChI is InChI=1S/C21H26N2O4/c1-13-11-18(21(25)22-15-3-6-17(24)7-4-15)14(2)23(13)16-5-8-19-20(12-16)27-10-9-26-19/h5,8,11-12,15,17,24H,3-4,6-7,9-10H2,1-2H3,(H,22,25). The Morgan fingerprint density at radius 2 is 1.78 bits per heavy atom. The van der Waals surface area contributed by atoms with Gasteiger partial charge < -0.3 is 24.5 Å². The Labute approximate surface area is 159 Å². The zero-order valence-corrected chi connectivity index (χ0v) is 15.8. The molecule has 2 aliphatic rings. The first-order valence-electron chi connectivity index (χ1n) is 9.61. The summed E-state index contributed by atoms with van der Waals surface area (Å²) in [5, 5.41) is 12.8. The van der Waals surface area contributed by atoms with E-state index < -0.39 is 0 Å². The lowest BCUT2D eigenvalue weighted by molar-refractivity contribution is 0.0867. The molecule has 144 valence electrons. The Morgan fingerprint density at radius 3 is 2.52 bits per heavy atom. The van der Waals surface area contributed by atoms with Gasteiger partial charge in [0.15, 0.2) is 11.5 Å². The van der Waals surface area contributed by atoms with E-state index in [1.165, 1.54) is 0 Å². The minimum Gasteiger partial charge on any atom is -0.486 e. The number of nitrogens with zero attached hydrogens (tertiary/aromatic N) is 1. The summed E-state index contributed by atoms with van der Waals surface area (Å²) in [5.41, 5.74) is 3.54. The monoisotopic (exact) mass is 370 g/mol. The molecule has 0 bridgehead atoms. The van der Waals surface area contributed by atoms with Gasteiger partial charge in [0.2, 0.25) is 0 Å². The number of rotatable bonds is 3. The number of ether oxygens (including phenoxy) is 2. The number of hydrogen-bond donors (Lipinski definition) is 2. The molecule has 6 nitrogen and oxygen atoms in total. The molecule has 1 fully saturated rings. The van der Waals surface area contributed by atoms with Crippen molar-refractivity contribution in [1.29, 1.82) is 0 Å². The van der Waals surface area contributed by atoms with Crippen LogP contribution in [0.2, 0.25) is 0 Å². The second kappa shape index (κ2) is 7.27. The molecular formula is C21H26N2O4. The highest BCUT2D eigenvalue weighted by Gasteiger charge is 2.24. The first-order chi connectivity index (χ1) is 13.0. The van der Waals surface area contributed by atoms with Crippen LogP contribution in [0.3, 0.4) is 0 Å². The average molecular weight is 370 g/mol. The Balaban J connectivity index is 1.57. The number of nitrogens with one attached hydrogen (secondary N) is 1. The number of hydrogen-bond acceptors (Lipinski definition) is 4. The summed E-state index contributed by atoms with van der Waals surface area (Å²) in [6.07, 6.45) is 2.93. The van der Waals surface area contributed by atoms with E-state index in [2.05, 4.69) is 9.88 Å². The summed E-state index contributed by atoms with van der Waals surface area (Å²) < 4.78 is 13.4. The van der Waals surface area contributed by atoms with Gasteiger partial charge in [-0.3, -0.25) is 4.79 Å². The molecular weight excluding hydrogens is 344 g/mol. The summed E-state index contributed by atoms with van der Waals surface area (Å²) in [7, 11) is 0. The quantitative estimate of drug-likeness (QED) is 0.871. The minimum atomic E-state index is -0.224. The van der Waals surface area contributed by atoms with Gasteiger partial charge in [-0.15, -0.1) is 0 Å². The third-order valence-electron chi connectivity index (χ3n) is 5.49. The molecule has 0 atom stereocenters. The highest BCUT2D eigenvalue weighted by Crippen LogP contribution is 2.33. The number of benzene rings is 1. The Morgan fingerprint density at radius 1 is 1.07 bits per heavy atom. The number of fused-ring (bicyclic) bond motifs is 1. The number of aliphatic hydroxyl groups is 1. The maximum atomic E-state index is 12.8. The molecule has 4 rings (SSSR count). The zero-order chi connectivity index (χ0) is 19.0. The van der Waals surface area contributed by atoms with Crippen LogP contribution in [-0.4, -0.2) is 40.9 Å². The maximum absolute atomic E-state index is 12.8. The highest BCUT2D eigenvalue weighted by molar-refractivity contribution is 5.96. The second-order valence-corrected chi connectivity index (χ2v) is 7.43. The van der Waals surface area contributed by atoms with Crippen molar-refractivity contribution in [2.24, 2.45) is 0 Å². The van der Waals surface area contributed by atoms with Crippen molar-refractivity contribution >= 4 is 5.91 Å². The molecule has 6 heteroatoms. The molecule has 2 N–H and O–H groups in total. The number of aliphatic hydroxyl groups excluding tert-OH is 1. The van der Waals surface area contributed by atoms with Crippen molar-refractivity contribution in [3.63, 3.8) is 0 Å². The van der Waals surface area contributed by atoms with E-state index in [9.17, 15) is 9.90 Å². The molecule has 0 unspecified atom stereocenters. The van der Waals surface area contributed by atoms with Crippen molar-refractivity contribution in [2.75, 3.05) is 13.2 Å². The van der Waals surface area contributed by atoms with E-state index in [4.69, 9.17) is 9.47 Å². The molecule has 2 aromatic rings. The average Bonchev–Trinajstić information content (AvgIpc) is 2.97. The molecule has 1 aromatic carbocycles. The SMILES string of the molecule is Cc1cc(C(=O)NC2CCC(O)CC2)c(C)n1-c1ccc2c(c1)OCCO2. The fourth-order valence-corrected chi connectivity index (χ4v) is 4.04. The number of carbonyl (C=O) groups excluding carboxylic acids is 1. The molecule has 2 heterocycles. The fourth-order valence-electron chi connectivity index (χ4n) is 4.04. The lowest BCUT2D eigenvalue weighted by Crippen LogP contribution is -2.38. The normalized spacial score (nSPS) is 21.7. The van der Waals surface area contributed by atoms with Crippen LogP contribution in [0.4, 0.5) is 0 Å². The van der Waals surface area contributed by atoms with Gasteiger partial charge in [0.1, 0.15) is 13.2 Å². The van der Waals surface area contributed by atoms with Crippen LogP contribution in [0.15, 0.2) is 24.3 Å². The zero-order valence-electron chi connectivity index (χ0n) is 15.8. The second-order valence-electron chi connectivity index (χ2n) is 7.43. The summed E-state index contributed by atoms with van der Waals surface area (Å²) >= 11 is 0. The number of carbonyl (C=O) groups is 1. The molecule has 27 heavy (non-hydrogen) atoms. The molecule has 1 aromatic heterocycles. The lowest BCUT2D eigenvalue weighted by Gasteiger charge is -2.26. The summed E-state index contributed by atoms with van der Waals surface area (Å²) in [6.45, 7) is 5.07. The number of aromatic nitrogens is 1. The predicted molar refractivity (Wildman–Crippen MR) is 102 cm³/mol. The molecule has 0 radical (unpaired) electrons. The van der Waals surface area contributed by atoms with Gasteiger partial charge in [0.05, 0.1) is 11.7 Å². The van der Waals surface area contributed by atoms with Gasteiger partial charge in [-0.05, 0) is 57.7 Å². The number of amides is 1. The topological polar surface area (TPSA) is 72.7 Å². The smallest absolute Gasteiger partial charge is 0.253 e. The van der Waals surface area contributed by atoms with Gasteiger partial charge in [-0.25, -0.2) is 0 Å². The van der Waals surface area contributed by atoms with Crippen LogP contribution in [0, 0.1) is 13.8 Å². The molecule has 0 saturated heterocycles. The van der Waals surface area contributed by atoms with Crippen molar-refractivity contribution in [1.82, 2.24) is 9.88 Å². The van der Waals surface area contributed by atoms with Crippen LogP contribution in [-0.2, 0) is 0 Å². The van der Waals surface area contributed by atoms with Gasteiger partial charge in [0, 0.05) is 29.2 Å². The van der Waals surface area contributed by atoms with Crippen molar-refractivity contribution in [2.45, 2.75) is 51.7 Å². The lowest BCUT2D eigenvalue weighted by atomic mass is 9.93. The van der Waals surface area contributed by atoms with E-state index in [1.54, 1.807) is 0 Å². The minimum absolute atomic E-state index is 0.0479. The fraction of sp³-hybridized carbons (Fsp3) is 0.476. The predicted octanol–water partition coefficient (Wildman–Crippen LogP) is 2.90. The molecule has 1 saturated carbocycles. The summed E-state index contributed by atoms with van der Waals surface area (Å²) in [5.74, 6) is 1.44. The largest absolute Gasteiger partial charge is 0.486 e. The van der Waals surface area contributed by atoms with Crippen LogP contribution in [0.5, 0.6) is 11.5 Å². The van der Waals surface area contributed by atoms with E-state index >= 15 is 0 Å². The molecule has 1 aliphatic carbocycles. The Bertz CT molecular complexity index is 850. The molecule has 1 aliphatic heterocycles.